The van der Waals surface area contributed by atoms with Gasteiger partial charge in [0.25, 0.3) is 0 Å². The minimum absolute atomic E-state index is 0.0663. The highest BCUT2D eigenvalue weighted by Gasteiger charge is 2.54. The summed E-state index contributed by atoms with van der Waals surface area (Å²) in [6.45, 7) is 0. The maximum atomic E-state index is 13.0. The number of carbonyl (C=O) groups is 1. The van der Waals surface area contributed by atoms with Gasteiger partial charge in [-0.05, 0) is 19.3 Å². The van der Waals surface area contributed by atoms with Crippen LogP contribution in [0.2, 0.25) is 0 Å². The first-order valence-electron chi connectivity index (χ1n) is 7.38. The number of hydrogen-bond acceptors (Lipinski definition) is 5. The second-order valence-corrected chi connectivity index (χ2v) is 7.71. The number of hydrogen-bond donors (Lipinski definition) is 1. The van der Waals surface area contributed by atoms with Crippen LogP contribution in [0.5, 0.6) is 11.5 Å². The van der Waals surface area contributed by atoms with E-state index in [-0.39, 0.29) is 10.9 Å². The van der Waals surface area contributed by atoms with Gasteiger partial charge >= 0.3 is 5.97 Å². The van der Waals surface area contributed by atoms with Gasteiger partial charge in [-0.3, -0.25) is 4.79 Å². The van der Waals surface area contributed by atoms with Crippen molar-refractivity contribution in [2.75, 3.05) is 14.2 Å². The zero-order chi connectivity index (χ0) is 16.8. The van der Waals surface area contributed by atoms with Gasteiger partial charge in [-0.1, -0.05) is 0 Å². The van der Waals surface area contributed by atoms with Gasteiger partial charge in [0.1, 0.15) is 11.5 Å². The SMILES string of the molecule is COc1cc(OC)cc(S(=O)(=O)N2C3CCC2C(C(=O)O)C3)c1. The predicted molar refractivity (Wildman–Crippen MR) is 81.1 cm³/mol. The standard InChI is InChI=1S/C15H19NO6S/c1-21-10-6-11(22-2)8-12(7-10)23(19,20)16-9-3-4-14(16)13(5-9)15(17)18/h6-9,13-14H,3-5H2,1-2H3,(H,17,18). The lowest BCUT2D eigenvalue weighted by Gasteiger charge is -2.23. The number of ether oxygens (including phenoxy) is 2. The van der Waals surface area contributed by atoms with Crippen LogP contribution >= 0.6 is 0 Å². The van der Waals surface area contributed by atoms with Crippen molar-refractivity contribution in [1.82, 2.24) is 4.31 Å². The topological polar surface area (TPSA) is 93.1 Å². The lowest BCUT2D eigenvalue weighted by molar-refractivity contribution is -0.142. The molecule has 0 radical (unpaired) electrons. The van der Waals surface area contributed by atoms with Crippen LogP contribution in [0.3, 0.4) is 0 Å². The van der Waals surface area contributed by atoms with Crippen LogP contribution in [0, 0.1) is 5.92 Å². The van der Waals surface area contributed by atoms with Crippen LogP contribution in [0.4, 0.5) is 0 Å². The average Bonchev–Trinajstić information content (AvgIpc) is 3.13. The Kier molecular flexibility index (Phi) is 3.97. The third-order valence-electron chi connectivity index (χ3n) is 4.69. The molecule has 8 heteroatoms. The molecule has 2 aliphatic rings. The summed E-state index contributed by atoms with van der Waals surface area (Å²) < 4.78 is 37.7. The fraction of sp³-hybridized carbons (Fsp3) is 0.533. The molecule has 1 aromatic rings. The minimum atomic E-state index is -3.80. The molecule has 0 amide bonds. The molecule has 2 saturated heterocycles. The number of methoxy groups -OCH3 is 2. The van der Waals surface area contributed by atoms with Gasteiger partial charge < -0.3 is 14.6 Å². The molecule has 126 valence electrons. The smallest absolute Gasteiger partial charge is 0.308 e. The Labute approximate surface area is 134 Å². The summed E-state index contributed by atoms with van der Waals surface area (Å²) in [5.74, 6) is -0.801. The van der Waals surface area contributed by atoms with Crippen molar-refractivity contribution in [1.29, 1.82) is 0 Å². The number of aliphatic carboxylic acids is 1. The summed E-state index contributed by atoms with van der Waals surface area (Å²) in [5.41, 5.74) is 0. The van der Waals surface area contributed by atoms with Gasteiger partial charge in [-0.2, -0.15) is 4.31 Å². The lowest BCUT2D eigenvalue weighted by atomic mass is 9.89. The van der Waals surface area contributed by atoms with Crippen LogP contribution in [0.1, 0.15) is 19.3 Å². The van der Waals surface area contributed by atoms with Crippen LogP contribution in [-0.4, -0.2) is 50.1 Å². The molecule has 2 bridgehead atoms. The van der Waals surface area contributed by atoms with Gasteiger partial charge in [0.15, 0.2) is 0 Å². The van der Waals surface area contributed by atoms with Crippen LogP contribution in [0.25, 0.3) is 0 Å². The molecule has 3 rings (SSSR count). The zero-order valence-electron chi connectivity index (χ0n) is 12.9. The van der Waals surface area contributed by atoms with E-state index in [0.717, 1.165) is 0 Å². The van der Waals surface area contributed by atoms with E-state index in [2.05, 4.69) is 0 Å². The Morgan fingerprint density at radius 1 is 1.17 bits per heavy atom. The molecular formula is C15H19NO6S. The molecule has 1 aromatic carbocycles. The first kappa shape index (κ1) is 16.1. The molecular weight excluding hydrogens is 322 g/mol. The van der Waals surface area contributed by atoms with Crippen LogP contribution in [0.15, 0.2) is 23.1 Å². The van der Waals surface area contributed by atoms with Gasteiger partial charge in [-0.25, -0.2) is 8.42 Å². The Morgan fingerprint density at radius 2 is 1.78 bits per heavy atom. The number of carboxylic acid groups (broad SMARTS) is 1. The molecule has 3 atom stereocenters. The lowest BCUT2D eigenvalue weighted by Crippen LogP contribution is -2.37. The van der Waals surface area contributed by atoms with E-state index in [1.807, 2.05) is 0 Å². The van der Waals surface area contributed by atoms with E-state index in [1.165, 1.54) is 30.7 Å². The maximum absolute atomic E-state index is 13.0. The molecule has 0 aliphatic carbocycles. The largest absolute Gasteiger partial charge is 0.497 e. The molecule has 0 saturated carbocycles. The van der Waals surface area contributed by atoms with Crippen LogP contribution < -0.4 is 9.47 Å². The highest BCUT2D eigenvalue weighted by atomic mass is 32.2. The molecule has 2 fully saturated rings. The molecule has 3 unspecified atom stereocenters. The van der Waals surface area contributed by atoms with E-state index in [4.69, 9.17) is 9.47 Å². The zero-order valence-corrected chi connectivity index (χ0v) is 13.7. The molecule has 7 nitrogen and oxygen atoms in total. The van der Waals surface area contributed by atoms with Gasteiger partial charge in [-0.15, -0.1) is 0 Å². The number of benzene rings is 1. The quantitative estimate of drug-likeness (QED) is 0.868. The molecule has 2 aliphatic heterocycles. The predicted octanol–water partition coefficient (Wildman–Crippen LogP) is 1.33. The third-order valence-corrected chi connectivity index (χ3v) is 6.65. The fourth-order valence-electron chi connectivity index (χ4n) is 3.63. The normalized spacial score (nSPS) is 27.1. The second kappa shape index (κ2) is 5.68. The van der Waals surface area contributed by atoms with E-state index < -0.39 is 28.0 Å². The molecule has 2 heterocycles. The third kappa shape index (κ3) is 2.55. The van der Waals surface area contributed by atoms with Crippen molar-refractivity contribution in [2.24, 2.45) is 5.92 Å². The number of nitrogens with zero attached hydrogens (tertiary/aromatic N) is 1. The summed E-state index contributed by atoms with van der Waals surface area (Å²) >= 11 is 0. The number of fused-ring (bicyclic) bond motifs is 2. The van der Waals surface area contributed by atoms with Crippen LogP contribution in [-0.2, 0) is 14.8 Å². The van der Waals surface area contributed by atoms with Crippen molar-refractivity contribution >= 4 is 16.0 Å². The van der Waals surface area contributed by atoms with Crippen molar-refractivity contribution in [3.8, 4) is 11.5 Å². The first-order chi connectivity index (χ1) is 10.9. The molecule has 1 N–H and O–H groups in total. The Hall–Kier alpha value is -1.80. The van der Waals surface area contributed by atoms with E-state index >= 15 is 0 Å². The summed E-state index contributed by atoms with van der Waals surface area (Å²) in [5, 5.41) is 9.29. The Morgan fingerprint density at radius 3 is 2.26 bits per heavy atom. The number of carboxylic acids is 1. The van der Waals surface area contributed by atoms with Crippen molar-refractivity contribution in [2.45, 2.75) is 36.2 Å². The van der Waals surface area contributed by atoms with E-state index in [9.17, 15) is 18.3 Å². The summed E-state index contributed by atoms with van der Waals surface area (Å²) in [4.78, 5) is 11.4. The summed E-state index contributed by atoms with van der Waals surface area (Å²) in [6.07, 6.45) is 1.66. The number of sulfonamides is 1. The van der Waals surface area contributed by atoms with E-state index in [0.29, 0.717) is 30.8 Å². The van der Waals surface area contributed by atoms with Gasteiger partial charge in [0.05, 0.1) is 25.0 Å². The average molecular weight is 341 g/mol. The molecule has 23 heavy (non-hydrogen) atoms. The highest BCUT2D eigenvalue weighted by Crippen LogP contribution is 2.45. The molecule has 0 spiro atoms. The monoisotopic (exact) mass is 341 g/mol. The van der Waals surface area contributed by atoms with Crippen molar-refractivity contribution in [3.63, 3.8) is 0 Å². The summed E-state index contributed by atoms with van der Waals surface area (Å²) in [6, 6.07) is 3.75. The van der Waals surface area contributed by atoms with Gasteiger partial charge in [0, 0.05) is 30.3 Å². The minimum Gasteiger partial charge on any atom is -0.497 e. The fourth-order valence-corrected chi connectivity index (χ4v) is 5.60. The van der Waals surface area contributed by atoms with Gasteiger partial charge in [0.2, 0.25) is 10.0 Å². The number of rotatable bonds is 5. The summed E-state index contributed by atoms with van der Waals surface area (Å²) in [7, 11) is -0.897. The first-order valence-corrected chi connectivity index (χ1v) is 8.82. The van der Waals surface area contributed by atoms with Crippen molar-refractivity contribution in [3.05, 3.63) is 18.2 Å². The Balaban J connectivity index is 2.01. The highest BCUT2D eigenvalue weighted by molar-refractivity contribution is 7.89. The van der Waals surface area contributed by atoms with E-state index in [1.54, 1.807) is 6.07 Å². The Bertz CT molecular complexity index is 709. The van der Waals surface area contributed by atoms with Crippen molar-refractivity contribution < 1.29 is 27.8 Å². The maximum Gasteiger partial charge on any atom is 0.308 e. The second-order valence-electron chi connectivity index (χ2n) is 5.86. The molecule has 0 aromatic heterocycles.